The van der Waals surface area contributed by atoms with E-state index in [1.807, 2.05) is 12.1 Å². The minimum atomic E-state index is -0.241. The summed E-state index contributed by atoms with van der Waals surface area (Å²) >= 11 is 0. The molecule has 1 aromatic rings. The van der Waals surface area contributed by atoms with Gasteiger partial charge < -0.3 is 20.3 Å². The lowest BCUT2D eigenvalue weighted by atomic mass is 10.1. The van der Waals surface area contributed by atoms with Crippen molar-refractivity contribution in [1.82, 2.24) is 10.3 Å². The third-order valence-electron chi connectivity index (χ3n) is 3.28. The summed E-state index contributed by atoms with van der Waals surface area (Å²) in [7, 11) is 1.60. The molecule has 1 aliphatic heterocycles. The number of rotatable bonds is 5. The molecule has 0 bridgehead atoms. The first-order chi connectivity index (χ1) is 9.79. The number of urea groups is 1. The third kappa shape index (κ3) is 4.38. The molecule has 0 atom stereocenters. The molecule has 1 saturated heterocycles. The number of hydrogen-bond acceptors (Lipinski definition) is 4. The average Bonchev–Trinajstić information content (AvgIpc) is 2.49. The van der Waals surface area contributed by atoms with Crippen molar-refractivity contribution in [2.45, 2.75) is 19.3 Å². The van der Waals surface area contributed by atoms with E-state index in [0.29, 0.717) is 18.8 Å². The maximum Gasteiger partial charge on any atom is 0.319 e. The standard InChI is InChI=1S/C14H22N4O2/c1-20-10-7-15-14(19)17-12-5-6-13(16-11-12)18-8-3-2-4-9-18/h5-6,11H,2-4,7-10H2,1H3,(H2,15,17,19). The first kappa shape index (κ1) is 14.6. The minimum Gasteiger partial charge on any atom is -0.383 e. The van der Waals surface area contributed by atoms with E-state index in [-0.39, 0.29) is 6.03 Å². The first-order valence-corrected chi connectivity index (χ1v) is 7.04. The van der Waals surface area contributed by atoms with Crippen LogP contribution in [0.4, 0.5) is 16.3 Å². The first-order valence-electron chi connectivity index (χ1n) is 7.04. The fraction of sp³-hybridized carbons (Fsp3) is 0.571. The summed E-state index contributed by atoms with van der Waals surface area (Å²) in [6, 6.07) is 3.60. The molecule has 2 rings (SSSR count). The Bertz CT molecular complexity index is 416. The van der Waals surface area contributed by atoms with Gasteiger partial charge in [-0.25, -0.2) is 9.78 Å². The molecule has 1 fully saturated rings. The normalized spacial score (nSPS) is 14.9. The molecule has 20 heavy (non-hydrogen) atoms. The van der Waals surface area contributed by atoms with Crippen LogP contribution in [0.3, 0.4) is 0 Å². The highest BCUT2D eigenvalue weighted by molar-refractivity contribution is 5.89. The monoisotopic (exact) mass is 278 g/mol. The second-order valence-electron chi connectivity index (χ2n) is 4.83. The van der Waals surface area contributed by atoms with Crippen molar-refractivity contribution in [1.29, 1.82) is 0 Å². The number of pyridine rings is 1. The minimum absolute atomic E-state index is 0.241. The summed E-state index contributed by atoms with van der Waals surface area (Å²) in [5.74, 6) is 0.982. The number of methoxy groups -OCH3 is 1. The van der Waals surface area contributed by atoms with Crippen LogP contribution in [-0.2, 0) is 4.74 Å². The highest BCUT2D eigenvalue weighted by Crippen LogP contribution is 2.18. The van der Waals surface area contributed by atoms with Gasteiger partial charge in [-0.2, -0.15) is 0 Å². The average molecular weight is 278 g/mol. The summed E-state index contributed by atoms with van der Waals surface area (Å²) in [5, 5.41) is 5.44. The predicted octanol–water partition coefficient (Wildman–Crippen LogP) is 1.84. The van der Waals surface area contributed by atoms with E-state index >= 15 is 0 Å². The van der Waals surface area contributed by atoms with Crippen LogP contribution < -0.4 is 15.5 Å². The van der Waals surface area contributed by atoms with E-state index in [4.69, 9.17) is 4.74 Å². The summed E-state index contributed by atoms with van der Waals surface area (Å²) in [4.78, 5) is 18.3. The van der Waals surface area contributed by atoms with Crippen LogP contribution in [0.5, 0.6) is 0 Å². The maximum absolute atomic E-state index is 11.6. The molecule has 0 saturated carbocycles. The lowest BCUT2D eigenvalue weighted by Gasteiger charge is -2.27. The smallest absolute Gasteiger partial charge is 0.319 e. The van der Waals surface area contributed by atoms with Gasteiger partial charge in [0.25, 0.3) is 0 Å². The number of carbonyl (C=O) groups is 1. The van der Waals surface area contributed by atoms with Crippen molar-refractivity contribution in [3.63, 3.8) is 0 Å². The van der Waals surface area contributed by atoms with Crippen molar-refractivity contribution in [2.75, 3.05) is 43.6 Å². The Morgan fingerprint density at radius 3 is 2.80 bits per heavy atom. The van der Waals surface area contributed by atoms with Crippen LogP contribution in [0.15, 0.2) is 18.3 Å². The topological polar surface area (TPSA) is 66.5 Å². The van der Waals surface area contributed by atoms with Gasteiger partial charge >= 0.3 is 6.03 Å². The second-order valence-corrected chi connectivity index (χ2v) is 4.83. The van der Waals surface area contributed by atoms with Crippen LogP contribution in [0.2, 0.25) is 0 Å². The Labute approximate surface area is 119 Å². The lowest BCUT2D eigenvalue weighted by molar-refractivity contribution is 0.198. The third-order valence-corrected chi connectivity index (χ3v) is 3.28. The van der Waals surface area contributed by atoms with Crippen molar-refractivity contribution in [3.05, 3.63) is 18.3 Å². The van der Waals surface area contributed by atoms with Crippen molar-refractivity contribution in [3.8, 4) is 0 Å². The van der Waals surface area contributed by atoms with Crippen molar-refractivity contribution >= 4 is 17.5 Å². The Kier molecular flexibility index (Phi) is 5.61. The van der Waals surface area contributed by atoms with Crippen LogP contribution in [0, 0.1) is 0 Å². The Morgan fingerprint density at radius 2 is 2.15 bits per heavy atom. The molecule has 2 N–H and O–H groups in total. The lowest BCUT2D eigenvalue weighted by Crippen LogP contribution is -2.32. The van der Waals surface area contributed by atoms with E-state index in [0.717, 1.165) is 18.9 Å². The van der Waals surface area contributed by atoms with Gasteiger partial charge in [-0.15, -0.1) is 0 Å². The van der Waals surface area contributed by atoms with Crippen molar-refractivity contribution in [2.24, 2.45) is 0 Å². The van der Waals surface area contributed by atoms with Crippen LogP contribution in [-0.4, -0.2) is 44.4 Å². The highest BCUT2D eigenvalue weighted by atomic mass is 16.5. The molecule has 6 nitrogen and oxygen atoms in total. The molecule has 0 spiro atoms. The zero-order valence-corrected chi connectivity index (χ0v) is 11.9. The molecule has 1 aromatic heterocycles. The van der Waals surface area contributed by atoms with Gasteiger partial charge in [0.05, 0.1) is 18.5 Å². The Morgan fingerprint density at radius 1 is 1.35 bits per heavy atom. The van der Waals surface area contributed by atoms with E-state index in [1.165, 1.54) is 19.3 Å². The van der Waals surface area contributed by atoms with E-state index in [1.54, 1.807) is 13.3 Å². The molecule has 110 valence electrons. The Hall–Kier alpha value is -1.82. The summed E-state index contributed by atoms with van der Waals surface area (Å²) in [5.41, 5.74) is 0.695. The summed E-state index contributed by atoms with van der Waals surface area (Å²) < 4.78 is 4.86. The van der Waals surface area contributed by atoms with Crippen molar-refractivity contribution < 1.29 is 9.53 Å². The summed E-state index contributed by atoms with van der Waals surface area (Å²) in [6.07, 6.45) is 5.45. The molecule has 0 aromatic carbocycles. The zero-order valence-electron chi connectivity index (χ0n) is 11.9. The van der Waals surface area contributed by atoms with Crippen LogP contribution in [0.1, 0.15) is 19.3 Å². The maximum atomic E-state index is 11.6. The number of aromatic nitrogens is 1. The van der Waals surface area contributed by atoms with E-state index in [9.17, 15) is 4.79 Å². The van der Waals surface area contributed by atoms with Gasteiger partial charge in [-0.3, -0.25) is 0 Å². The predicted molar refractivity (Wildman–Crippen MR) is 79.2 cm³/mol. The van der Waals surface area contributed by atoms with Gasteiger partial charge in [0, 0.05) is 26.7 Å². The number of ether oxygens (including phenoxy) is 1. The zero-order chi connectivity index (χ0) is 14.2. The van der Waals surface area contributed by atoms with Gasteiger partial charge in [0.15, 0.2) is 0 Å². The van der Waals surface area contributed by atoms with Gasteiger partial charge in [0.1, 0.15) is 5.82 Å². The van der Waals surface area contributed by atoms with Gasteiger partial charge in [-0.05, 0) is 31.4 Å². The number of hydrogen-bond donors (Lipinski definition) is 2. The largest absolute Gasteiger partial charge is 0.383 e. The fourth-order valence-electron chi connectivity index (χ4n) is 2.21. The van der Waals surface area contributed by atoms with Gasteiger partial charge in [-0.1, -0.05) is 0 Å². The molecule has 0 radical (unpaired) electrons. The number of nitrogens with zero attached hydrogens (tertiary/aromatic N) is 2. The van der Waals surface area contributed by atoms with E-state index < -0.39 is 0 Å². The SMILES string of the molecule is COCCNC(=O)Nc1ccc(N2CCCCC2)nc1. The molecule has 2 heterocycles. The second kappa shape index (κ2) is 7.69. The van der Waals surface area contributed by atoms with Crippen LogP contribution >= 0.6 is 0 Å². The number of carbonyl (C=O) groups excluding carboxylic acids is 1. The Balaban J connectivity index is 1.83. The molecule has 6 heteroatoms. The fourth-order valence-corrected chi connectivity index (χ4v) is 2.21. The van der Waals surface area contributed by atoms with Crippen LogP contribution in [0.25, 0.3) is 0 Å². The summed E-state index contributed by atoms with van der Waals surface area (Å²) in [6.45, 7) is 3.12. The number of amides is 2. The quantitative estimate of drug-likeness (QED) is 0.807. The molecule has 0 unspecified atom stereocenters. The van der Waals surface area contributed by atoms with Gasteiger partial charge in [0.2, 0.25) is 0 Å². The number of piperidine rings is 1. The number of nitrogens with one attached hydrogen (secondary N) is 2. The molecule has 0 aliphatic carbocycles. The van der Waals surface area contributed by atoms with E-state index in [2.05, 4.69) is 20.5 Å². The molecule has 1 aliphatic rings. The molecular weight excluding hydrogens is 256 g/mol. The molecular formula is C14H22N4O2. The highest BCUT2D eigenvalue weighted by Gasteiger charge is 2.11. The number of anilines is 2. The molecule has 2 amide bonds.